The van der Waals surface area contributed by atoms with Crippen LogP contribution in [0.1, 0.15) is 22.8 Å². The molecular formula is C16H14N2O4. The van der Waals surface area contributed by atoms with Gasteiger partial charge in [0.05, 0.1) is 5.71 Å². The summed E-state index contributed by atoms with van der Waals surface area (Å²) in [6.45, 7) is 1.94. The number of carbonyl (C=O) groups is 1. The molecule has 0 saturated carbocycles. The molecule has 1 aliphatic heterocycles. The second kappa shape index (κ2) is 5.77. The van der Waals surface area contributed by atoms with Gasteiger partial charge < -0.3 is 14.6 Å². The van der Waals surface area contributed by atoms with Crippen molar-refractivity contribution < 1.29 is 19.4 Å². The second-order valence-electron chi connectivity index (χ2n) is 4.75. The summed E-state index contributed by atoms with van der Waals surface area (Å²) in [7, 11) is 0. The highest BCUT2D eigenvalue weighted by Crippen LogP contribution is 2.32. The molecule has 2 aromatic carbocycles. The van der Waals surface area contributed by atoms with Gasteiger partial charge in [0.2, 0.25) is 6.79 Å². The number of fused-ring (bicyclic) bond motifs is 1. The van der Waals surface area contributed by atoms with E-state index in [9.17, 15) is 9.90 Å². The monoisotopic (exact) mass is 298 g/mol. The van der Waals surface area contributed by atoms with Crippen LogP contribution >= 0.6 is 0 Å². The molecule has 0 spiro atoms. The predicted molar refractivity (Wildman–Crippen MR) is 80.3 cm³/mol. The van der Waals surface area contributed by atoms with E-state index in [2.05, 4.69) is 10.5 Å². The van der Waals surface area contributed by atoms with Crippen molar-refractivity contribution in [1.29, 1.82) is 0 Å². The van der Waals surface area contributed by atoms with Crippen LogP contribution in [0.25, 0.3) is 0 Å². The summed E-state index contributed by atoms with van der Waals surface area (Å²) in [6.07, 6.45) is 0. The number of hydrogen-bond acceptors (Lipinski definition) is 5. The standard InChI is InChI=1S/C16H14N2O4/c1-10(11-2-5-13(19)6-3-11)17-18-16(20)12-4-7-14-15(8-12)22-9-21-14/h2-8,19H,9H2,1H3,(H,18,20)/b17-10-. The Hall–Kier alpha value is -3.02. The number of phenols is 1. The first-order valence-electron chi connectivity index (χ1n) is 6.67. The first-order chi connectivity index (χ1) is 10.6. The lowest BCUT2D eigenvalue weighted by Gasteiger charge is -2.04. The Bertz CT molecular complexity index is 738. The van der Waals surface area contributed by atoms with E-state index in [-0.39, 0.29) is 18.4 Å². The minimum Gasteiger partial charge on any atom is -0.508 e. The van der Waals surface area contributed by atoms with E-state index in [4.69, 9.17) is 9.47 Å². The molecule has 22 heavy (non-hydrogen) atoms. The summed E-state index contributed by atoms with van der Waals surface area (Å²) >= 11 is 0. The molecule has 2 N–H and O–H groups in total. The van der Waals surface area contributed by atoms with Crippen molar-refractivity contribution in [2.75, 3.05) is 6.79 Å². The van der Waals surface area contributed by atoms with Gasteiger partial charge in [0, 0.05) is 5.56 Å². The Morgan fingerprint density at radius 2 is 1.77 bits per heavy atom. The van der Waals surface area contributed by atoms with Crippen molar-refractivity contribution in [3.05, 3.63) is 53.6 Å². The number of phenolic OH excluding ortho intramolecular Hbond substituents is 1. The Morgan fingerprint density at radius 3 is 2.55 bits per heavy atom. The molecule has 0 fully saturated rings. The highest BCUT2D eigenvalue weighted by molar-refractivity contribution is 6.01. The van der Waals surface area contributed by atoms with Gasteiger partial charge >= 0.3 is 0 Å². The van der Waals surface area contributed by atoms with Crippen LogP contribution in [0, 0.1) is 0 Å². The van der Waals surface area contributed by atoms with E-state index in [1.165, 1.54) is 0 Å². The van der Waals surface area contributed by atoms with E-state index in [1.54, 1.807) is 49.4 Å². The largest absolute Gasteiger partial charge is 0.508 e. The van der Waals surface area contributed by atoms with Gasteiger partial charge in [-0.25, -0.2) is 5.43 Å². The number of nitrogens with zero attached hydrogens (tertiary/aromatic N) is 1. The van der Waals surface area contributed by atoms with Gasteiger partial charge in [-0.15, -0.1) is 0 Å². The Balaban J connectivity index is 1.71. The van der Waals surface area contributed by atoms with Crippen LogP contribution < -0.4 is 14.9 Å². The van der Waals surface area contributed by atoms with Crippen LogP contribution in [0.3, 0.4) is 0 Å². The van der Waals surface area contributed by atoms with Crippen molar-refractivity contribution in [2.45, 2.75) is 6.92 Å². The highest BCUT2D eigenvalue weighted by Gasteiger charge is 2.16. The van der Waals surface area contributed by atoms with Gasteiger partial charge in [-0.2, -0.15) is 5.10 Å². The molecule has 1 amide bonds. The summed E-state index contributed by atoms with van der Waals surface area (Å²) in [5.74, 6) is 1.02. The highest BCUT2D eigenvalue weighted by atomic mass is 16.7. The number of rotatable bonds is 3. The van der Waals surface area contributed by atoms with Crippen LogP contribution in [0.2, 0.25) is 0 Å². The molecule has 0 atom stereocenters. The number of ether oxygens (including phenoxy) is 2. The molecule has 0 aromatic heterocycles. The molecule has 3 rings (SSSR count). The Morgan fingerprint density at radius 1 is 1.09 bits per heavy atom. The lowest BCUT2D eigenvalue weighted by Crippen LogP contribution is -2.19. The van der Waals surface area contributed by atoms with Gasteiger partial charge in [-0.1, -0.05) is 0 Å². The fourth-order valence-electron chi connectivity index (χ4n) is 2.00. The maximum absolute atomic E-state index is 12.1. The molecule has 112 valence electrons. The van der Waals surface area contributed by atoms with Crippen LogP contribution in [0.5, 0.6) is 17.2 Å². The number of aromatic hydroxyl groups is 1. The van der Waals surface area contributed by atoms with Gasteiger partial charge in [-0.3, -0.25) is 4.79 Å². The minimum absolute atomic E-state index is 0.165. The maximum atomic E-state index is 12.1. The summed E-state index contributed by atoms with van der Waals surface area (Å²) in [5, 5.41) is 13.3. The molecule has 1 aliphatic rings. The molecule has 0 aliphatic carbocycles. The van der Waals surface area contributed by atoms with Gasteiger partial charge in [-0.05, 0) is 55.0 Å². The van der Waals surface area contributed by atoms with E-state index >= 15 is 0 Å². The van der Waals surface area contributed by atoms with Crippen molar-refractivity contribution in [3.63, 3.8) is 0 Å². The molecule has 0 saturated heterocycles. The van der Waals surface area contributed by atoms with Gasteiger partial charge in [0.1, 0.15) is 5.75 Å². The van der Waals surface area contributed by atoms with Crippen LogP contribution in [-0.4, -0.2) is 23.5 Å². The van der Waals surface area contributed by atoms with Crippen LogP contribution in [0.15, 0.2) is 47.6 Å². The van der Waals surface area contributed by atoms with Gasteiger partial charge in [0.25, 0.3) is 5.91 Å². The first-order valence-corrected chi connectivity index (χ1v) is 6.67. The summed E-state index contributed by atoms with van der Waals surface area (Å²) < 4.78 is 10.4. The van der Waals surface area contributed by atoms with Crippen molar-refractivity contribution >= 4 is 11.6 Å². The molecule has 6 heteroatoms. The van der Waals surface area contributed by atoms with E-state index in [0.29, 0.717) is 22.8 Å². The van der Waals surface area contributed by atoms with Crippen LogP contribution in [-0.2, 0) is 0 Å². The Kier molecular flexibility index (Phi) is 3.65. The average Bonchev–Trinajstić information content (AvgIpc) is 3.00. The third-order valence-electron chi connectivity index (χ3n) is 3.24. The van der Waals surface area contributed by atoms with E-state index in [0.717, 1.165) is 5.56 Å². The molecular weight excluding hydrogens is 284 g/mol. The van der Waals surface area contributed by atoms with Crippen molar-refractivity contribution in [1.82, 2.24) is 5.43 Å². The SMILES string of the molecule is C/C(=N/NC(=O)c1ccc2c(c1)OCO2)c1ccc(O)cc1. The fraction of sp³-hybridized carbons (Fsp3) is 0.125. The fourth-order valence-corrected chi connectivity index (χ4v) is 2.00. The summed E-state index contributed by atoms with van der Waals surface area (Å²) in [5.41, 5.74) is 4.37. The van der Waals surface area contributed by atoms with Crippen LogP contribution in [0.4, 0.5) is 0 Å². The summed E-state index contributed by atoms with van der Waals surface area (Å²) in [4.78, 5) is 12.1. The zero-order valence-electron chi connectivity index (χ0n) is 11.9. The van der Waals surface area contributed by atoms with E-state index < -0.39 is 0 Å². The molecule has 2 aromatic rings. The molecule has 0 bridgehead atoms. The maximum Gasteiger partial charge on any atom is 0.271 e. The second-order valence-corrected chi connectivity index (χ2v) is 4.75. The Labute approximate surface area is 127 Å². The zero-order valence-corrected chi connectivity index (χ0v) is 11.9. The first kappa shape index (κ1) is 13.9. The molecule has 6 nitrogen and oxygen atoms in total. The zero-order chi connectivity index (χ0) is 15.5. The lowest BCUT2D eigenvalue weighted by atomic mass is 10.1. The molecule has 0 unspecified atom stereocenters. The van der Waals surface area contributed by atoms with Crippen molar-refractivity contribution in [2.24, 2.45) is 5.10 Å². The van der Waals surface area contributed by atoms with E-state index in [1.807, 2.05) is 0 Å². The number of hydrogen-bond donors (Lipinski definition) is 2. The third-order valence-corrected chi connectivity index (χ3v) is 3.24. The smallest absolute Gasteiger partial charge is 0.271 e. The quantitative estimate of drug-likeness (QED) is 0.673. The number of benzene rings is 2. The number of carbonyl (C=O) groups excluding carboxylic acids is 1. The minimum atomic E-state index is -0.337. The van der Waals surface area contributed by atoms with Crippen molar-refractivity contribution in [3.8, 4) is 17.2 Å². The predicted octanol–water partition coefficient (Wildman–Crippen LogP) is 2.27. The third kappa shape index (κ3) is 2.85. The number of amides is 1. The number of hydrazone groups is 1. The number of nitrogens with one attached hydrogen (secondary N) is 1. The normalized spacial score (nSPS) is 13.0. The topological polar surface area (TPSA) is 80.2 Å². The molecule has 0 radical (unpaired) electrons. The lowest BCUT2D eigenvalue weighted by molar-refractivity contribution is 0.0954. The van der Waals surface area contributed by atoms with Gasteiger partial charge in [0.15, 0.2) is 11.5 Å². The summed E-state index contributed by atoms with van der Waals surface area (Å²) in [6, 6.07) is 11.5. The average molecular weight is 298 g/mol. The molecule has 1 heterocycles.